The van der Waals surface area contributed by atoms with E-state index in [0.717, 1.165) is 0 Å². The molecule has 3 nitrogen and oxygen atoms in total. The van der Waals surface area contributed by atoms with Gasteiger partial charge in [0.2, 0.25) is 0 Å². The van der Waals surface area contributed by atoms with Crippen molar-refractivity contribution in [2.45, 2.75) is 32.8 Å². The molecule has 0 spiro atoms. The summed E-state index contributed by atoms with van der Waals surface area (Å²) < 4.78 is 23.3. The topological polar surface area (TPSA) is 35.5 Å². The van der Waals surface area contributed by atoms with Gasteiger partial charge in [-0.3, -0.25) is 0 Å². The number of aryl methyl sites for hydroxylation is 1. The van der Waals surface area contributed by atoms with Crippen molar-refractivity contribution in [3.63, 3.8) is 0 Å². The number of ether oxygens (including phenoxy) is 2. The van der Waals surface area contributed by atoms with Crippen LogP contribution in [-0.2, 0) is 9.47 Å². The summed E-state index contributed by atoms with van der Waals surface area (Å²) in [5.74, 6) is -0.788. The fourth-order valence-corrected chi connectivity index (χ4v) is 1.43. The van der Waals surface area contributed by atoms with Gasteiger partial charge in [0.25, 0.3) is 0 Å². The van der Waals surface area contributed by atoms with Crippen LogP contribution in [0.25, 0.3) is 0 Å². The van der Waals surface area contributed by atoms with Crippen LogP contribution in [0.4, 0.5) is 4.39 Å². The summed E-state index contributed by atoms with van der Waals surface area (Å²) in [5.41, 5.74) is 0.649. The van der Waals surface area contributed by atoms with Crippen LogP contribution in [0.3, 0.4) is 0 Å². The molecule has 0 aromatic heterocycles. The minimum atomic E-state index is -0.431. The number of benzene rings is 1. The Morgan fingerprint density at radius 1 is 1.39 bits per heavy atom. The van der Waals surface area contributed by atoms with Gasteiger partial charge < -0.3 is 9.47 Å². The third-order valence-corrected chi connectivity index (χ3v) is 2.90. The van der Waals surface area contributed by atoms with Gasteiger partial charge in [-0.15, -0.1) is 0 Å². The Morgan fingerprint density at radius 3 is 2.61 bits per heavy atom. The molecule has 0 amide bonds. The molecule has 0 heterocycles. The van der Waals surface area contributed by atoms with Crippen LogP contribution in [0.1, 0.15) is 36.2 Å². The van der Waals surface area contributed by atoms with E-state index in [9.17, 15) is 9.18 Å². The quantitative estimate of drug-likeness (QED) is 0.757. The Balaban J connectivity index is 2.56. The maximum absolute atomic E-state index is 12.9. The molecular formula is C14H19FO3. The fourth-order valence-electron chi connectivity index (χ4n) is 1.43. The molecule has 0 aliphatic rings. The number of halogens is 1. The Hall–Kier alpha value is -1.42. The molecule has 0 bridgehead atoms. The molecular weight excluding hydrogens is 235 g/mol. The Kier molecular flexibility index (Phi) is 4.84. The summed E-state index contributed by atoms with van der Waals surface area (Å²) in [6.45, 7) is 5.79. The molecule has 0 aliphatic heterocycles. The van der Waals surface area contributed by atoms with E-state index in [0.29, 0.717) is 17.5 Å². The molecule has 0 aliphatic carbocycles. The maximum Gasteiger partial charge on any atom is 0.338 e. The van der Waals surface area contributed by atoms with Gasteiger partial charge in [0, 0.05) is 13.5 Å². The summed E-state index contributed by atoms with van der Waals surface area (Å²) >= 11 is 0. The molecule has 0 fully saturated rings. The van der Waals surface area contributed by atoms with Crippen molar-refractivity contribution < 1.29 is 18.7 Å². The third-order valence-electron chi connectivity index (χ3n) is 2.90. The van der Waals surface area contributed by atoms with Gasteiger partial charge in [-0.05, 0) is 44.5 Å². The van der Waals surface area contributed by atoms with E-state index >= 15 is 0 Å². The summed E-state index contributed by atoms with van der Waals surface area (Å²) in [6, 6.07) is 4.01. The predicted molar refractivity (Wildman–Crippen MR) is 67.1 cm³/mol. The summed E-state index contributed by atoms with van der Waals surface area (Å²) in [7, 11) is 1.62. The lowest BCUT2D eigenvalue weighted by Gasteiger charge is -2.22. The average molecular weight is 254 g/mol. The SMILES string of the molecule is COC(C)(C)CCOC(=O)c1ccc(F)cc1C. The van der Waals surface area contributed by atoms with E-state index in [1.165, 1.54) is 18.2 Å². The largest absolute Gasteiger partial charge is 0.462 e. The second-order valence-electron chi connectivity index (χ2n) is 4.81. The lowest BCUT2D eigenvalue weighted by Crippen LogP contribution is -2.25. The van der Waals surface area contributed by atoms with E-state index in [1.54, 1.807) is 14.0 Å². The zero-order chi connectivity index (χ0) is 13.8. The zero-order valence-corrected chi connectivity index (χ0v) is 11.2. The Bertz CT molecular complexity index is 427. The van der Waals surface area contributed by atoms with Gasteiger partial charge in [0.05, 0.1) is 17.8 Å². The van der Waals surface area contributed by atoms with Crippen LogP contribution in [-0.4, -0.2) is 25.3 Å². The lowest BCUT2D eigenvalue weighted by molar-refractivity contribution is -0.00565. The van der Waals surface area contributed by atoms with Crippen molar-refractivity contribution in [2.75, 3.05) is 13.7 Å². The van der Waals surface area contributed by atoms with Crippen molar-refractivity contribution in [3.8, 4) is 0 Å². The van der Waals surface area contributed by atoms with E-state index in [1.807, 2.05) is 13.8 Å². The molecule has 100 valence electrons. The normalized spacial score (nSPS) is 11.4. The first-order valence-corrected chi connectivity index (χ1v) is 5.84. The van der Waals surface area contributed by atoms with Crippen molar-refractivity contribution >= 4 is 5.97 Å². The number of carbonyl (C=O) groups excluding carboxylic acids is 1. The summed E-state index contributed by atoms with van der Waals surface area (Å²) in [4.78, 5) is 11.8. The Morgan fingerprint density at radius 2 is 2.06 bits per heavy atom. The number of rotatable bonds is 5. The van der Waals surface area contributed by atoms with Gasteiger partial charge in [-0.1, -0.05) is 0 Å². The molecule has 0 atom stereocenters. The van der Waals surface area contributed by atoms with Crippen LogP contribution in [0.5, 0.6) is 0 Å². The molecule has 4 heteroatoms. The summed E-state index contributed by atoms with van der Waals surface area (Å²) in [6.07, 6.45) is 0.607. The molecule has 0 N–H and O–H groups in total. The van der Waals surface area contributed by atoms with Crippen LogP contribution < -0.4 is 0 Å². The van der Waals surface area contributed by atoms with Crippen molar-refractivity contribution in [3.05, 3.63) is 35.1 Å². The second-order valence-corrected chi connectivity index (χ2v) is 4.81. The Labute approximate surface area is 107 Å². The smallest absolute Gasteiger partial charge is 0.338 e. The number of hydrogen-bond acceptors (Lipinski definition) is 3. The number of carbonyl (C=O) groups is 1. The van der Waals surface area contributed by atoms with Crippen molar-refractivity contribution in [1.29, 1.82) is 0 Å². The summed E-state index contributed by atoms with van der Waals surface area (Å²) in [5, 5.41) is 0. The average Bonchev–Trinajstić information content (AvgIpc) is 2.28. The van der Waals surface area contributed by atoms with Crippen LogP contribution in [0, 0.1) is 12.7 Å². The van der Waals surface area contributed by atoms with Gasteiger partial charge in [0.15, 0.2) is 0 Å². The molecule has 0 saturated heterocycles. The van der Waals surface area contributed by atoms with E-state index in [-0.39, 0.29) is 18.0 Å². The van der Waals surface area contributed by atoms with Crippen LogP contribution in [0.2, 0.25) is 0 Å². The second kappa shape index (κ2) is 5.96. The monoisotopic (exact) mass is 254 g/mol. The zero-order valence-electron chi connectivity index (χ0n) is 11.2. The highest BCUT2D eigenvalue weighted by Crippen LogP contribution is 2.15. The molecule has 0 unspecified atom stereocenters. The fraction of sp³-hybridized carbons (Fsp3) is 0.500. The number of esters is 1. The highest BCUT2D eigenvalue weighted by Gasteiger charge is 2.18. The van der Waals surface area contributed by atoms with Gasteiger partial charge in [-0.25, -0.2) is 9.18 Å². The van der Waals surface area contributed by atoms with Gasteiger partial charge in [0.1, 0.15) is 5.82 Å². The van der Waals surface area contributed by atoms with E-state index in [4.69, 9.17) is 9.47 Å². The lowest BCUT2D eigenvalue weighted by atomic mass is 10.1. The molecule has 0 saturated carbocycles. The maximum atomic E-state index is 12.9. The first-order valence-electron chi connectivity index (χ1n) is 5.84. The number of hydrogen-bond donors (Lipinski definition) is 0. The standard InChI is InChI=1S/C14H19FO3/c1-10-9-11(15)5-6-12(10)13(16)18-8-7-14(2,3)17-4/h5-6,9H,7-8H2,1-4H3. The molecule has 1 aromatic carbocycles. The minimum absolute atomic E-state index is 0.274. The molecule has 18 heavy (non-hydrogen) atoms. The van der Waals surface area contributed by atoms with Crippen LogP contribution in [0.15, 0.2) is 18.2 Å². The van der Waals surface area contributed by atoms with Gasteiger partial charge in [-0.2, -0.15) is 0 Å². The van der Waals surface area contributed by atoms with Crippen molar-refractivity contribution in [1.82, 2.24) is 0 Å². The highest BCUT2D eigenvalue weighted by atomic mass is 19.1. The first-order chi connectivity index (χ1) is 8.35. The minimum Gasteiger partial charge on any atom is -0.462 e. The van der Waals surface area contributed by atoms with Gasteiger partial charge >= 0.3 is 5.97 Å². The number of methoxy groups -OCH3 is 1. The van der Waals surface area contributed by atoms with E-state index < -0.39 is 5.97 Å². The highest BCUT2D eigenvalue weighted by molar-refractivity contribution is 5.90. The molecule has 0 radical (unpaired) electrons. The first kappa shape index (κ1) is 14.6. The van der Waals surface area contributed by atoms with Crippen molar-refractivity contribution in [2.24, 2.45) is 0 Å². The van der Waals surface area contributed by atoms with Crippen LogP contribution >= 0.6 is 0 Å². The molecule has 1 aromatic rings. The van der Waals surface area contributed by atoms with E-state index in [2.05, 4.69) is 0 Å². The molecule has 1 rings (SSSR count). The third kappa shape index (κ3) is 4.11. The predicted octanol–water partition coefficient (Wildman–Crippen LogP) is 3.11.